The number of piperidine rings is 1. The molecule has 1 aromatic heterocycles. The SMILES string of the molecule is C.COc1ccc(Cl)c(-c2cc(C)c3nc(Nc4ccc(S(=O)(=O)C5CCN(C(=O)OCc6ccccc6)CC5)cc4)nnc3c2)c1Cl. The highest BCUT2D eigenvalue weighted by Crippen LogP contribution is 2.41. The van der Waals surface area contributed by atoms with E-state index in [0.717, 1.165) is 16.7 Å². The largest absolute Gasteiger partial charge is 0.495 e. The number of methoxy groups -OCH3 is 1. The Bertz CT molecular complexity index is 2040. The molecule has 1 fully saturated rings. The van der Waals surface area contributed by atoms with Crippen LogP contribution in [0.3, 0.4) is 0 Å². The van der Waals surface area contributed by atoms with Crippen molar-refractivity contribution in [2.75, 3.05) is 25.5 Å². The Balaban J connectivity index is 0.00000451. The first-order chi connectivity index (χ1) is 22.6. The molecule has 4 aromatic carbocycles. The lowest BCUT2D eigenvalue weighted by Gasteiger charge is -2.31. The minimum absolute atomic E-state index is 0. The fourth-order valence-corrected chi connectivity index (χ4v) is 7.97. The molecule has 0 atom stereocenters. The number of benzene rings is 4. The van der Waals surface area contributed by atoms with E-state index in [1.807, 2.05) is 49.4 Å². The van der Waals surface area contributed by atoms with Gasteiger partial charge in [0.2, 0.25) is 5.95 Å². The van der Waals surface area contributed by atoms with Crippen molar-refractivity contribution in [3.63, 3.8) is 0 Å². The third-order valence-electron chi connectivity index (χ3n) is 8.10. The summed E-state index contributed by atoms with van der Waals surface area (Å²) in [6, 6.07) is 23.0. The van der Waals surface area contributed by atoms with E-state index in [2.05, 4.69) is 20.5 Å². The fourth-order valence-electron chi connectivity index (χ4n) is 5.57. The van der Waals surface area contributed by atoms with Crippen LogP contribution in [0, 0.1) is 6.92 Å². The van der Waals surface area contributed by atoms with Gasteiger partial charge in [0.15, 0.2) is 9.84 Å². The van der Waals surface area contributed by atoms with Gasteiger partial charge in [-0.3, -0.25) is 0 Å². The van der Waals surface area contributed by atoms with Crippen LogP contribution in [0.15, 0.2) is 83.8 Å². The smallest absolute Gasteiger partial charge is 0.410 e. The molecule has 5 aromatic rings. The van der Waals surface area contributed by atoms with Crippen molar-refractivity contribution in [1.82, 2.24) is 20.1 Å². The van der Waals surface area contributed by atoms with E-state index in [1.165, 1.54) is 0 Å². The minimum Gasteiger partial charge on any atom is -0.495 e. The molecule has 1 saturated heterocycles. The number of sulfone groups is 1. The van der Waals surface area contributed by atoms with Gasteiger partial charge in [-0.25, -0.2) is 18.2 Å². The van der Waals surface area contributed by atoms with Crippen LogP contribution in [0.4, 0.5) is 16.4 Å². The van der Waals surface area contributed by atoms with Crippen LogP contribution in [0.1, 0.15) is 31.4 Å². The summed E-state index contributed by atoms with van der Waals surface area (Å²) < 4.78 is 37.6. The molecule has 0 saturated carbocycles. The standard InChI is InChI=1S/C34H31Cl2N5O5S.CH4/c1-21-18-23(30-27(35)12-13-29(45-2)31(30)36)19-28-32(21)38-33(40-39-28)37-24-8-10-25(11-9-24)47(43,44)26-14-16-41(17-15-26)34(42)46-20-22-6-4-3-5-7-22;/h3-13,18-19,26H,14-17,20H2,1-2H3,(H,37,38,40);1H4. The molecular formula is C35H35Cl2N5O5S. The first kappa shape index (κ1) is 34.9. The van der Waals surface area contributed by atoms with Gasteiger partial charge in [0, 0.05) is 24.3 Å². The number of aromatic nitrogens is 3. The number of hydrogen-bond acceptors (Lipinski definition) is 9. The van der Waals surface area contributed by atoms with Crippen molar-refractivity contribution in [2.45, 2.75) is 43.9 Å². The van der Waals surface area contributed by atoms with Crippen LogP contribution in [-0.4, -0.2) is 60.0 Å². The maximum Gasteiger partial charge on any atom is 0.410 e. The van der Waals surface area contributed by atoms with Crippen molar-refractivity contribution >= 4 is 61.8 Å². The van der Waals surface area contributed by atoms with E-state index in [-0.39, 0.29) is 24.9 Å². The van der Waals surface area contributed by atoms with Gasteiger partial charge < -0.3 is 19.7 Å². The van der Waals surface area contributed by atoms with Crippen molar-refractivity contribution in [2.24, 2.45) is 0 Å². The van der Waals surface area contributed by atoms with Crippen molar-refractivity contribution in [1.29, 1.82) is 0 Å². The van der Waals surface area contributed by atoms with Crippen LogP contribution < -0.4 is 10.1 Å². The average Bonchev–Trinajstić information content (AvgIpc) is 3.08. The zero-order chi connectivity index (χ0) is 33.1. The summed E-state index contributed by atoms with van der Waals surface area (Å²) in [6.45, 7) is 2.70. The van der Waals surface area contributed by atoms with Gasteiger partial charge in [0.1, 0.15) is 17.9 Å². The number of nitrogens with zero attached hydrogens (tertiary/aromatic N) is 4. The Labute approximate surface area is 289 Å². The van der Waals surface area contributed by atoms with E-state index in [0.29, 0.717) is 64.0 Å². The highest BCUT2D eigenvalue weighted by molar-refractivity contribution is 7.92. The highest BCUT2D eigenvalue weighted by Gasteiger charge is 2.33. The van der Waals surface area contributed by atoms with Crippen LogP contribution in [-0.2, 0) is 21.2 Å². The predicted octanol–water partition coefficient (Wildman–Crippen LogP) is 8.27. The monoisotopic (exact) mass is 707 g/mol. The highest BCUT2D eigenvalue weighted by atomic mass is 35.5. The molecule has 48 heavy (non-hydrogen) atoms. The molecule has 1 aliphatic rings. The molecule has 10 nitrogen and oxygen atoms in total. The number of ether oxygens (including phenoxy) is 2. The van der Waals surface area contributed by atoms with E-state index < -0.39 is 21.2 Å². The average molecular weight is 709 g/mol. The van der Waals surface area contributed by atoms with E-state index >= 15 is 0 Å². The Kier molecular flexibility index (Phi) is 10.7. The number of rotatable bonds is 8. The number of amides is 1. The topological polar surface area (TPSA) is 124 Å². The Morgan fingerprint density at radius 1 is 0.979 bits per heavy atom. The number of anilines is 2. The summed E-state index contributed by atoms with van der Waals surface area (Å²) in [5, 5.41) is 12.0. The molecule has 0 spiro atoms. The van der Waals surface area contributed by atoms with Crippen LogP contribution in [0.2, 0.25) is 10.0 Å². The molecule has 2 heterocycles. The van der Waals surface area contributed by atoms with Crippen LogP contribution in [0.25, 0.3) is 22.2 Å². The molecule has 0 bridgehead atoms. The Hall–Kier alpha value is -4.45. The summed E-state index contributed by atoms with van der Waals surface area (Å²) in [5.41, 5.74) is 4.90. The number of aryl methyl sites for hydroxylation is 1. The maximum absolute atomic E-state index is 13.4. The van der Waals surface area contributed by atoms with Crippen molar-refractivity contribution in [3.8, 4) is 16.9 Å². The Morgan fingerprint density at radius 2 is 1.69 bits per heavy atom. The predicted molar refractivity (Wildman–Crippen MR) is 189 cm³/mol. The normalized spacial score (nSPS) is 13.5. The van der Waals surface area contributed by atoms with Crippen molar-refractivity contribution in [3.05, 3.63) is 100 Å². The quantitative estimate of drug-likeness (QED) is 0.170. The third-order valence-corrected chi connectivity index (χ3v) is 11.1. The van der Waals surface area contributed by atoms with Gasteiger partial charge in [-0.2, -0.15) is 0 Å². The molecule has 6 rings (SSSR count). The Morgan fingerprint density at radius 3 is 2.38 bits per heavy atom. The van der Waals surface area contributed by atoms with Crippen LogP contribution >= 0.6 is 23.2 Å². The zero-order valence-electron chi connectivity index (χ0n) is 25.6. The van der Waals surface area contributed by atoms with Gasteiger partial charge in [-0.15, -0.1) is 10.2 Å². The molecule has 0 aliphatic carbocycles. The number of carbonyl (C=O) groups excluding carboxylic acids is 1. The zero-order valence-corrected chi connectivity index (χ0v) is 27.9. The summed E-state index contributed by atoms with van der Waals surface area (Å²) in [7, 11) is -2.06. The lowest BCUT2D eigenvalue weighted by molar-refractivity contribution is 0.0897. The number of halogens is 2. The van der Waals surface area contributed by atoms with E-state index in [9.17, 15) is 13.2 Å². The van der Waals surface area contributed by atoms with E-state index in [4.69, 9.17) is 32.7 Å². The van der Waals surface area contributed by atoms with Gasteiger partial charge in [-0.05, 0) is 85.0 Å². The summed E-state index contributed by atoms with van der Waals surface area (Å²) in [5.74, 6) is 0.765. The number of fused-ring (bicyclic) bond motifs is 1. The first-order valence-electron chi connectivity index (χ1n) is 14.9. The molecule has 1 N–H and O–H groups in total. The summed E-state index contributed by atoms with van der Waals surface area (Å²) in [6.07, 6.45) is 0.222. The second-order valence-electron chi connectivity index (χ2n) is 11.2. The number of nitrogens with one attached hydrogen (secondary N) is 1. The van der Waals surface area contributed by atoms with Crippen molar-refractivity contribution < 1.29 is 22.7 Å². The molecule has 1 amide bonds. The van der Waals surface area contributed by atoms with Gasteiger partial charge in [0.25, 0.3) is 0 Å². The number of hydrogen-bond donors (Lipinski definition) is 1. The third kappa shape index (κ3) is 7.33. The molecular weight excluding hydrogens is 673 g/mol. The number of carbonyl (C=O) groups is 1. The molecule has 1 aliphatic heterocycles. The first-order valence-corrected chi connectivity index (χ1v) is 17.2. The fraction of sp³-hybridized carbons (Fsp3) is 0.257. The molecule has 0 unspecified atom stereocenters. The summed E-state index contributed by atoms with van der Waals surface area (Å²) in [4.78, 5) is 18.9. The van der Waals surface area contributed by atoms with E-state index in [1.54, 1.807) is 48.4 Å². The maximum atomic E-state index is 13.4. The molecule has 0 radical (unpaired) electrons. The second-order valence-corrected chi connectivity index (χ2v) is 14.2. The minimum atomic E-state index is -3.61. The van der Waals surface area contributed by atoms with Gasteiger partial charge >= 0.3 is 6.09 Å². The molecule has 250 valence electrons. The summed E-state index contributed by atoms with van der Waals surface area (Å²) >= 11 is 13.1. The lowest BCUT2D eigenvalue weighted by Crippen LogP contribution is -2.42. The van der Waals surface area contributed by atoms with Crippen LogP contribution in [0.5, 0.6) is 5.75 Å². The lowest BCUT2D eigenvalue weighted by atomic mass is 10.0. The molecule has 13 heteroatoms. The second kappa shape index (κ2) is 14.8. The van der Waals surface area contributed by atoms with Gasteiger partial charge in [0.05, 0.1) is 32.8 Å². The van der Waals surface area contributed by atoms with Gasteiger partial charge in [-0.1, -0.05) is 61.0 Å². The number of likely N-dealkylation sites (tertiary alicyclic amines) is 1.